The highest BCUT2D eigenvalue weighted by molar-refractivity contribution is 9.10. The highest BCUT2D eigenvalue weighted by Crippen LogP contribution is 2.44. The normalized spacial score (nSPS) is 13.5. The van der Waals surface area contributed by atoms with Gasteiger partial charge in [0.15, 0.2) is 0 Å². The Morgan fingerprint density at radius 3 is 2.45 bits per heavy atom. The van der Waals surface area contributed by atoms with Crippen LogP contribution in [0.25, 0.3) is 11.1 Å². The van der Waals surface area contributed by atoms with Crippen molar-refractivity contribution in [3.63, 3.8) is 0 Å². The van der Waals surface area contributed by atoms with Gasteiger partial charge in [-0.15, -0.1) is 0 Å². The third-order valence-electron chi connectivity index (χ3n) is 3.97. The Morgan fingerprint density at radius 2 is 1.86 bits per heavy atom. The Morgan fingerprint density at radius 1 is 1.23 bits per heavy atom. The van der Waals surface area contributed by atoms with Crippen molar-refractivity contribution in [1.82, 2.24) is 0 Å². The standard InChI is InChI=1S/C17H12BrF2NO/c1-8-11(9-2-4-10(19)5-3-9)6-12-13(17(21)22)7-14(20)16(18)15(8)12/h2-5,7H,6H2,1H3,(H2,21,22). The largest absolute Gasteiger partial charge is 0.366 e. The third kappa shape index (κ3) is 2.25. The summed E-state index contributed by atoms with van der Waals surface area (Å²) >= 11 is 3.25. The molecule has 1 aliphatic carbocycles. The molecule has 0 radical (unpaired) electrons. The number of hydrogen-bond acceptors (Lipinski definition) is 1. The summed E-state index contributed by atoms with van der Waals surface area (Å²) in [5.41, 5.74) is 9.56. The molecule has 1 amide bonds. The van der Waals surface area contributed by atoms with Crippen molar-refractivity contribution in [3.8, 4) is 0 Å². The monoisotopic (exact) mass is 363 g/mol. The van der Waals surface area contributed by atoms with E-state index < -0.39 is 11.7 Å². The molecule has 5 heteroatoms. The van der Waals surface area contributed by atoms with Gasteiger partial charge in [0, 0.05) is 5.56 Å². The molecule has 2 nitrogen and oxygen atoms in total. The predicted octanol–water partition coefficient (Wildman–Crippen LogP) is 4.31. The van der Waals surface area contributed by atoms with Crippen LogP contribution in [0.1, 0.15) is 34.0 Å². The maximum atomic E-state index is 14.0. The minimum atomic E-state index is -0.657. The van der Waals surface area contributed by atoms with Crippen LogP contribution in [0.15, 0.2) is 34.8 Å². The van der Waals surface area contributed by atoms with Gasteiger partial charge < -0.3 is 5.73 Å². The van der Waals surface area contributed by atoms with E-state index in [2.05, 4.69) is 15.9 Å². The van der Waals surface area contributed by atoms with Crippen molar-refractivity contribution < 1.29 is 13.6 Å². The average Bonchev–Trinajstić information content (AvgIpc) is 2.81. The number of benzene rings is 2. The summed E-state index contributed by atoms with van der Waals surface area (Å²) in [6.45, 7) is 1.86. The lowest BCUT2D eigenvalue weighted by Gasteiger charge is -2.09. The van der Waals surface area contributed by atoms with Gasteiger partial charge >= 0.3 is 0 Å². The van der Waals surface area contributed by atoms with Crippen molar-refractivity contribution in [2.24, 2.45) is 5.73 Å². The Labute approximate surface area is 134 Å². The summed E-state index contributed by atoms with van der Waals surface area (Å²) in [7, 11) is 0. The van der Waals surface area contributed by atoms with Crippen LogP contribution in [0, 0.1) is 11.6 Å². The van der Waals surface area contributed by atoms with Crippen molar-refractivity contribution >= 4 is 33.0 Å². The van der Waals surface area contributed by atoms with Crippen molar-refractivity contribution in [3.05, 3.63) is 68.7 Å². The van der Waals surface area contributed by atoms with E-state index in [0.29, 0.717) is 22.0 Å². The SMILES string of the molecule is CC1=C(c2ccc(F)cc2)Cc2c(C(N)=O)cc(F)c(Br)c21. The number of carbonyl (C=O) groups excluding carboxylic acids is 1. The Bertz CT molecular complexity index is 826. The summed E-state index contributed by atoms with van der Waals surface area (Å²) in [6.07, 6.45) is 0.462. The zero-order valence-electron chi connectivity index (χ0n) is 11.7. The first kappa shape index (κ1) is 14.9. The molecule has 0 saturated heterocycles. The maximum absolute atomic E-state index is 14.0. The molecule has 0 saturated carbocycles. The van der Waals surface area contributed by atoms with Gasteiger partial charge in [-0.05, 0) is 75.3 Å². The zero-order chi connectivity index (χ0) is 16.0. The van der Waals surface area contributed by atoms with Crippen molar-refractivity contribution in [1.29, 1.82) is 0 Å². The summed E-state index contributed by atoms with van der Waals surface area (Å²) < 4.78 is 27.4. The molecule has 0 fully saturated rings. The van der Waals surface area contributed by atoms with E-state index in [9.17, 15) is 13.6 Å². The molecular formula is C17H12BrF2NO. The summed E-state index contributed by atoms with van der Waals surface area (Å²) in [6, 6.07) is 7.26. The average molecular weight is 364 g/mol. The van der Waals surface area contributed by atoms with E-state index in [1.807, 2.05) is 6.92 Å². The molecule has 2 aromatic rings. The first-order valence-electron chi connectivity index (χ1n) is 6.67. The molecular weight excluding hydrogens is 352 g/mol. The Hall–Kier alpha value is -2.01. The van der Waals surface area contributed by atoms with Crippen LogP contribution < -0.4 is 5.73 Å². The van der Waals surface area contributed by atoms with Gasteiger partial charge in [0.1, 0.15) is 11.6 Å². The fraction of sp³-hybridized carbons (Fsp3) is 0.118. The fourth-order valence-corrected chi connectivity index (χ4v) is 3.54. The van der Waals surface area contributed by atoms with Gasteiger partial charge in [0.05, 0.1) is 4.47 Å². The number of nitrogens with two attached hydrogens (primary N) is 1. The topological polar surface area (TPSA) is 43.1 Å². The van der Waals surface area contributed by atoms with Crippen molar-refractivity contribution in [2.45, 2.75) is 13.3 Å². The van der Waals surface area contributed by atoms with E-state index in [1.54, 1.807) is 12.1 Å². The summed E-state index contributed by atoms with van der Waals surface area (Å²) in [5, 5.41) is 0. The fourth-order valence-electron chi connectivity index (χ4n) is 2.89. The van der Waals surface area contributed by atoms with Gasteiger partial charge in [-0.1, -0.05) is 12.1 Å². The van der Waals surface area contributed by atoms with Crippen LogP contribution >= 0.6 is 15.9 Å². The van der Waals surface area contributed by atoms with Gasteiger partial charge in [0.25, 0.3) is 0 Å². The van der Waals surface area contributed by atoms with Crippen LogP contribution in [0.3, 0.4) is 0 Å². The quantitative estimate of drug-likeness (QED) is 0.848. The maximum Gasteiger partial charge on any atom is 0.249 e. The number of rotatable bonds is 2. The zero-order valence-corrected chi connectivity index (χ0v) is 13.3. The van der Waals surface area contributed by atoms with Crippen molar-refractivity contribution in [2.75, 3.05) is 0 Å². The van der Waals surface area contributed by atoms with Crippen LogP contribution in [0.4, 0.5) is 8.78 Å². The molecule has 2 N–H and O–H groups in total. The first-order chi connectivity index (χ1) is 10.4. The van der Waals surface area contributed by atoms with Gasteiger partial charge in [-0.2, -0.15) is 0 Å². The highest BCUT2D eigenvalue weighted by Gasteiger charge is 2.28. The predicted molar refractivity (Wildman–Crippen MR) is 85.2 cm³/mol. The van der Waals surface area contributed by atoms with Crippen LogP contribution in [-0.2, 0) is 6.42 Å². The molecule has 0 heterocycles. The lowest BCUT2D eigenvalue weighted by molar-refractivity contribution is 0.0999. The number of halogens is 3. The minimum Gasteiger partial charge on any atom is -0.366 e. The Kier molecular flexibility index (Phi) is 3.60. The molecule has 0 spiro atoms. The van der Waals surface area contributed by atoms with Crippen LogP contribution in [0.5, 0.6) is 0 Å². The number of hydrogen-bond donors (Lipinski definition) is 1. The van der Waals surface area contributed by atoms with E-state index in [0.717, 1.165) is 22.8 Å². The number of allylic oxidation sites excluding steroid dienone is 2. The lowest BCUT2D eigenvalue weighted by atomic mass is 9.99. The molecule has 22 heavy (non-hydrogen) atoms. The second kappa shape index (κ2) is 5.32. The van der Waals surface area contributed by atoms with E-state index >= 15 is 0 Å². The molecule has 3 rings (SSSR count). The molecule has 0 aliphatic heterocycles. The molecule has 0 aromatic heterocycles. The van der Waals surface area contributed by atoms with Crippen LogP contribution in [-0.4, -0.2) is 5.91 Å². The number of fused-ring (bicyclic) bond motifs is 1. The number of amides is 1. The first-order valence-corrected chi connectivity index (χ1v) is 7.46. The molecule has 0 atom stereocenters. The van der Waals surface area contributed by atoms with E-state index in [-0.39, 0.29) is 11.4 Å². The second-order valence-corrected chi connectivity index (χ2v) is 6.02. The molecule has 112 valence electrons. The number of carbonyl (C=O) groups is 1. The van der Waals surface area contributed by atoms with Gasteiger partial charge in [-0.3, -0.25) is 4.79 Å². The van der Waals surface area contributed by atoms with Crippen LogP contribution in [0.2, 0.25) is 0 Å². The summed E-state index contributed by atoms with van der Waals surface area (Å²) in [4.78, 5) is 11.6. The minimum absolute atomic E-state index is 0.187. The number of primary amides is 1. The third-order valence-corrected chi connectivity index (χ3v) is 4.74. The molecule has 1 aliphatic rings. The Balaban J connectivity index is 2.20. The second-order valence-electron chi connectivity index (χ2n) is 5.22. The molecule has 2 aromatic carbocycles. The van der Waals surface area contributed by atoms with Gasteiger partial charge in [0.2, 0.25) is 5.91 Å². The molecule has 0 bridgehead atoms. The highest BCUT2D eigenvalue weighted by atomic mass is 79.9. The molecule has 0 unspecified atom stereocenters. The lowest BCUT2D eigenvalue weighted by Crippen LogP contribution is -2.15. The smallest absolute Gasteiger partial charge is 0.249 e. The van der Waals surface area contributed by atoms with E-state index in [4.69, 9.17) is 5.73 Å². The van der Waals surface area contributed by atoms with E-state index in [1.165, 1.54) is 12.1 Å². The van der Waals surface area contributed by atoms with Gasteiger partial charge in [-0.25, -0.2) is 8.78 Å². The summed E-state index contributed by atoms with van der Waals surface area (Å²) in [5.74, 6) is -1.49.